The molecule has 7 heteroatoms. The van der Waals surface area contributed by atoms with Crippen LogP contribution in [-0.2, 0) is 4.79 Å². The number of halogens is 1. The highest BCUT2D eigenvalue weighted by Crippen LogP contribution is 2.23. The number of rotatable bonds is 7. The van der Waals surface area contributed by atoms with E-state index >= 15 is 0 Å². The third kappa shape index (κ3) is 4.14. The number of primary amides is 1. The van der Waals surface area contributed by atoms with Gasteiger partial charge in [0.2, 0.25) is 11.9 Å². The molecule has 18 heavy (non-hydrogen) atoms. The van der Waals surface area contributed by atoms with Gasteiger partial charge in [0.25, 0.3) is 0 Å². The van der Waals surface area contributed by atoms with Gasteiger partial charge in [-0.15, -0.1) is 0 Å². The van der Waals surface area contributed by atoms with Gasteiger partial charge in [0.15, 0.2) is 0 Å². The maximum atomic E-state index is 11.0. The molecule has 1 aromatic rings. The largest absolute Gasteiger partial charge is 0.368 e. The van der Waals surface area contributed by atoms with Gasteiger partial charge in [-0.1, -0.05) is 6.92 Å². The number of anilines is 2. The van der Waals surface area contributed by atoms with Gasteiger partial charge in [-0.2, -0.15) is 4.98 Å². The number of carbonyl (C=O) groups is 1. The van der Waals surface area contributed by atoms with Crippen molar-refractivity contribution in [2.75, 3.05) is 29.9 Å². The Labute approximate surface area is 115 Å². The summed E-state index contributed by atoms with van der Waals surface area (Å²) in [7, 11) is 0. The molecule has 0 bridgehead atoms. The van der Waals surface area contributed by atoms with Gasteiger partial charge in [-0.25, -0.2) is 4.98 Å². The van der Waals surface area contributed by atoms with Gasteiger partial charge in [-0.3, -0.25) is 4.79 Å². The van der Waals surface area contributed by atoms with Crippen LogP contribution in [0.2, 0.25) is 0 Å². The molecular formula is C11H18BrN5O. The third-order valence-corrected chi connectivity index (χ3v) is 2.85. The molecule has 0 radical (unpaired) electrons. The summed E-state index contributed by atoms with van der Waals surface area (Å²) in [6.07, 6.45) is 2.66. The van der Waals surface area contributed by atoms with E-state index in [1.165, 1.54) is 0 Å². The number of nitrogens with one attached hydrogen (secondary N) is 1. The van der Waals surface area contributed by atoms with Crippen molar-refractivity contribution in [3.63, 3.8) is 0 Å². The maximum Gasteiger partial charge on any atom is 0.236 e. The van der Waals surface area contributed by atoms with Crippen molar-refractivity contribution in [1.29, 1.82) is 0 Å². The van der Waals surface area contributed by atoms with Crippen LogP contribution in [0.15, 0.2) is 10.7 Å². The molecule has 3 N–H and O–H groups in total. The highest BCUT2D eigenvalue weighted by Gasteiger charge is 2.13. The highest BCUT2D eigenvalue weighted by atomic mass is 79.9. The molecule has 6 nitrogen and oxygen atoms in total. The Bertz CT molecular complexity index is 412. The molecular weight excluding hydrogens is 298 g/mol. The molecule has 0 saturated heterocycles. The molecule has 0 atom stereocenters. The second-order valence-electron chi connectivity index (χ2n) is 3.77. The topological polar surface area (TPSA) is 84.1 Å². The highest BCUT2D eigenvalue weighted by molar-refractivity contribution is 9.10. The van der Waals surface area contributed by atoms with E-state index in [1.807, 2.05) is 6.92 Å². The average molecular weight is 316 g/mol. The predicted molar refractivity (Wildman–Crippen MR) is 75.6 cm³/mol. The fourth-order valence-electron chi connectivity index (χ4n) is 1.43. The van der Waals surface area contributed by atoms with Gasteiger partial charge in [0.1, 0.15) is 5.82 Å². The first-order valence-corrected chi connectivity index (χ1v) is 6.67. The second-order valence-corrected chi connectivity index (χ2v) is 4.63. The van der Waals surface area contributed by atoms with Crippen LogP contribution in [0.4, 0.5) is 11.8 Å². The Balaban J connectivity index is 2.93. The van der Waals surface area contributed by atoms with E-state index in [0.29, 0.717) is 18.3 Å². The van der Waals surface area contributed by atoms with Crippen LogP contribution >= 0.6 is 15.9 Å². The van der Waals surface area contributed by atoms with Gasteiger partial charge < -0.3 is 16.0 Å². The maximum absolute atomic E-state index is 11.0. The molecule has 1 rings (SSSR count). The van der Waals surface area contributed by atoms with Crippen molar-refractivity contribution < 1.29 is 4.79 Å². The lowest BCUT2D eigenvalue weighted by atomic mass is 10.4. The quantitative estimate of drug-likeness (QED) is 0.794. The first-order valence-electron chi connectivity index (χ1n) is 5.88. The second kappa shape index (κ2) is 7.15. The molecule has 1 amide bonds. The van der Waals surface area contributed by atoms with Crippen molar-refractivity contribution in [3.8, 4) is 0 Å². The van der Waals surface area contributed by atoms with Crippen LogP contribution in [0.3, 0.4) is 0 Å². The van der Waals surface area contributed by atoms with Crippen LogP contribution in [0.1, 0.15) is 20.3 Å². The van der Waals surface area contributed by atoms with Crippen LogP contribution in [-0.4, -0.2) is 35.5 Å². The molecule has 100 valence electrons. The molecule has 0 aliphatic rings. The molecule has 0 spiro atoms. The van der Waals surface area contributed by atoms with Crippen molar-refractivity contribution >= 4 is 33.6 Å². The van der Waals surface area contributed by atoms with Crippen LogP contribution < -0.4 is 16.0 Å². The van der Waals surface area contributed by atoms with Crippen molar-refractivity contribution in [2.45, 2.75) is 20.3 Å². The summed E-state index contributed by atoms with van der Waals surface area (Å²) in [5.41, 5.74) is 5.22. The standard InChI is InChI=1S/C11H18BrN5O/c1-3-5-14-11-15-6-8(12)10(16-11)17(4-2)7-9(13)18/h6H,3-5,7H2,1-2H3,(H2,13,18)(H,14,15,16). The van der Waals surface area contributed by atoms with E-state index in [4.69, 9.17) is 5.73 Å². The molecule has 0 fully saturated rings. The van der Waals surface area contributed by atoms with E-state index < -0.39 is 0 Å². The minimum Gasteiger partial charge on any atom is -0.368 e. The van der Waals surface area contributed by atoms with E-state index in [2.05, 4.69) is 38.1 Å². The summed E-state index contributed by atoms with van der Waals surface area (Å²) < 4.78 is 0.743. The number of nitrogens with two attached hydrogens (primary N) is 1. The predicted octanol–water partition coefficient (Wildman–Crippen LogP) is 1.37. The summed E-state index contributed by atoms with van der Waals surface area (Å²) in [5.74, 6) is 0.841. The van der Waals surface area contributed by atoms with E-state index in [1.54, 1.807) is 11.1 Å². The van der Waals surface area contributed by atoms with Gasteiger partial charge in [-0.05, 0) is 29.3 Å². The lowest BCUT2D eigenvalue weighted by Gasteiger charge is -2.21. The molecule has 0 aliphatic carbocycles. The Morgan fingerprint density at radius 3 is 2.83 bits per heavy atom. The number of nitrogens with zero attached hydrogens (tertiary/aromatic N) is 3. The van der Waals surface area contributed by atoms with Crippen LogP contribution in [0.25, 0.3) is 0 Å². The smallest absolute Gasteiger partial charge is 0.236 e. The number of likely N-dealkylation sites (N-methyl/N-ethyl adjacent to an activating group) is 1. The normalized spacial score (nSPS) is 10.2. The summed E-state index contributed by atoms with van der Waals surface area (Å²) in [6, 6.07) is 0. The van der Waals surface area contributed by atoms with E-state index in [9.17, 15) is 4.79 Å². The fraction of sp³-hybridized carbons (Fsp3) is 0.545. The fourth-order valence-corrected chi connectivity index (χ4v) is 1.87. The van der Waals surface area contributed by atoms with Crippen molar-refractivity contribution in [2.24, 2.45) is 5.73 Å². The minimum absolute atomic E-state index is 0.138. The number of amides is 1. The first kappa shape index (κ1) is 14.7. The Hall–Kier alpha value is -1.37. The Morgan fingerprint density at radius 1 is 1.56 bits per heavy atom. The zero-order valence-corrected chi connectivity index (χ0v) is 12.2. The SMILES string of the molecule is CCCNc1ncc(Br)c(N(CC)CC(N)=O)n1. The first-order chi connectivity index (χ1) is 8.58. The Morgan fingerprint density at radius 2 is 2.28 bits per heavy atom. The minimum atomic E-state index is -0.384. The molecule has 0 aliphatic heterocycles. The monoisotopic (exact) mass is 315 g/mol. The van der Waals surface area contributed by atoms with Crippen LogP contribution in [0.5, 0.6) is 0 Å². The summed E-state index contributed by atoms with van der Waals surface area (Å²) in [4.78, 5) is 21.4. The molecule has 0 saturated carbocycles. The van der Waals surface area contributed by atoms with Gasteiger partial charge >= 0.3 is 0 Å². The molecule has 1 aromatic heterocycles. The third-order valence-electron chi connectivity index (χ3n) is 2.29. The average Bonchev–Trinajstić information content (AvgIpc) is 2.35. The summed E-state index contributed by atoms with van der Waals surface area (Å²) in [6.45, 7) is 5.60. The number of hydrogen-bond acceptors (Lipinski definition) is 5. The number of aromatic nitrogens is 2. The Kier molecular flexibility index (Phi) is 5.84. The van der Waals surface area contributed by atoms with E-state index in [0.717, 1.165) is 17.4 Å². The zero-order chi connectivity index (χ0) is 13.5. The van der Waals surface area contributed by atoms with Crippen LogP contribution in [0, 0.1) is 0 Å². The summed E-state index contributed by atoms with van der Waals surface area (Å²) in [5, 5.41) is 3.11. The van der Waals surface area contributed by atoms with E-state index in [-0.39, 0.29) is 12.5 Å². The van der Waals surface area contributed by atoms with Crippen molar-refractivity contribution in [1.82, 2.24) is 9.97 Å². The van der Waals surface area contributed by atoms with Crippen molar-refractivity contribution in [3.05, 3.63) is 10.7 Å². The molecule has 0 unspecified atom stereocenters. The molecule has 0 aromatic carbocycles. The number of hydrogen-bond donors (Lipinski definition) is 2. The lowest BCUT2D eigenvalue weighted by molar-refractivity contribution is -0.116. The lowest BCUT2D eigenvalue weighted by Crippen LogP contribution is -2.34. The summed E-state index contributed by atoms with van der Waals surface area (Å²) >= 11 is 3.38. The zero-order valence-electron chi connectivity index (χ0n) is 10.6. The molecule has 1 heterocycles. The van der Waals surface area contributed by atoms with Gasteiger partial charge in [0.05, 0.1) is 11.0 Å². The van der Waals surface area contributed by atoms with Gasteiger partial charge in [0, 0.05) is 19.3 Å². The number of carbonyl (C=O) groups excluding carboxylic acids is 1.